The van der Waals surface area contributed by atoms with Crippen molar-refractivity contribution in [1.82, 2.24) is 9.80 Å². The Bertz CT molecular complexity index is 437. The third-order valence-electron chi connectivity index (χ3n) is 3.23. The summed E-state index contributed by atoms with van der Waals surface area (Å²) in [7, 11) is 0. The Morgan fingerprint density at radius 1 is 1.33 bits per heavy atom. The molecule has 2 N–H and O–H groups in total. The van der Waals surface area contributed by atoms with Gasteiger partial charge in [-0.2, -0.15) is 0 Å². The monoisotopic (exact) mass is 417 g/mol. The number of halogens is 3. The van der Waals surface area contributed by atoms with Crippen molar-refractivity contribution in [1.29, 1.82) is 0 Å². The highest BCUT2D eigenvalue weighted by Crippen LogP contribution is 2.23. The molecular weight excluding hydrogens is 397 g/mol. The van der Waals surface area contributed by atoms with E-state index in [0.717, 1.165) is 32.7 Å². The van der Waals surface area contributed by atoms with Crippen LogP contribution >= 0.6 is 52.1 Å². The molecule has 1 unspecified atom stereocenters. The molecule has 1 saturated heterocycles. The van der Waals surface area contributed by atoms with Gasteiger partial charge in [-0.25, -0.2) is 0 Å². The van der Waals surface area contributed by atoms with E-state index < -0.39 is 0 Å². The van der Waals surface area contributed by atoms with E-state index in [0.29, 0.717) is 6.42 Å². The number of nitrogens with two attached hydrogens (primary N) is 1. The molecule has 8 heteroatoms. The minimum Gasteiger partial charge on any atom is -0.340 e. The first kappa shape index (κ1) is 21.1. The van der Waals surface area contributed by atoms with Crippen molar-refractivity contribution in [2.75, 3.05) is 26.2 Å². The average Bonchev–Trinajstić information content (AvgIpc) is 2.75. The van der Waals surface area contributed by atoms with Gasteiger partial charge in [0.1, 0.15) is 0 Å². The third-order valence-corrected chi connectivity index (χ3v) is 4.84. The van der Waals surface area contributed by atoms with Crippen LogP contribution in [0.15, 0.2) is 15.9 Å². The fourth-order valence-electron chi connectivity index (χ4n) is 2.22. The molecule has 0 radical (unpaired) electrons. The molecule has 122 valence electrons. The largest absolute Gasteiger partial charge is 0.340 e. The highest BCUT2D eigenvalue weighted by Gasteiger charge is 2.21. The molecule has 0 aliphatic carbocycles. The summed E-state index contributed by atoms with van der Waals surface area (Å²) in [6.45, 7) is 6.38. The molecule has 1 aliphatic heterocycles. The van der Waals surface area contributed by atoms with Crippen LogP contribution in [0.3, 0.4) is 0 Å². The number of carbonyl (C=O) groups is 1. The van der Waals surface area contributed by atoms with E-state index in [2.05, 4.69) is 33.0 Å². The highest BCUT2D eigenvalue weighted by molar-refractivity contribution is 9.11. The molecule has 4 nitrogen and oxygen atoms in total. The lowest BCUT2D eigenvalue weighted by atomic mass is 10.2. The van der Waals surface area contributed by atoms with Gasteiger partial charge in [0.05, 0.1) is 3.79 Å². The van der Waals surface area contributed by atoms with Gasteiger partial charge in [-0.05, 0) is 35.0 Å². The van der Waals surface area contributed by atoms with Gasteiger partial charge in [0.15, 0.2) is 0 Å². The maximum Gasteiger partial charge on any atom is 0.224 e. The van der Waals surface area contributed by atoms with Crippen molar-refractivity contribution in [2.24, 2.45) is 5.73 Å². The zero-order valence-electron chi connectivity index (χ0n) is 12.0. The number of carbonyl (C=O) groups excluding carboxylic acids is 1. The molecule has 1 amide bonds. The Hall–Kier alpha value is 0.150. The molecule has 21 heavy (non-hydrogen) atoms. The predicted octanol–water partition coefficient (Wildman–Crippen LogP) is 2.74. The van der Waals surface area contributed by atoms with E-state index in [1.165, 1.54) is 8.66 Å². The molecule has 1 aromatic rings. The predicted molar refractivity (Wildman–Crippen MR) is 96.6 cm³/mol. The lowest BCUT2D eigenvalue weighted by Crippen LogP contribution is -2.49. The standard InChI is InChI=1S/C13H20BrN3OS.2ClH/c1-10(15)8-13(18)17-6-4-16(5-7-17)9-11-2-3-12(14)19-11;;/h2-3,10H,4-9,15H2,1H3;2*1H. The van der Waals surface area contributed by atoms with E-state index in [1.54, 1.807) is 11.3 Å². The fraction of sp³-hybridized carbons (Fsp3) is 0.615. The maximum atomic E-state index is 11.9. The van der Waals surface area contributed by atoms with Gasteiger partial charge >= 0.3 is 0 Å². The summed E-state index contributed by atoms with van der Waals surface area (Å²) in [4.78, 5) is 17.6. The summed E-state index contributed by atoms with van der Waals surface area (Å²) in [6, 6.07) is 4.19. The van der Waals surface area contributed by atoms with Crippen molar-refractivity contribution >= 4 is 58.0 Å². The van der Waals surface area contributed by atoms with Gasteiger partial charge in [0.2, 0.25) is 5.91 Å². The van der Waals surface area contributed by atoms with Gasteiger partial charge in [-0.3, -0.25) is 9.69 Å². The van der Waals surface area contributed by atoms with Gasteiger partial charge in [0.25, 0.3) is 0 Å². The topological polar surface area (TPSA) is 49.6 Å². The van der Waals surface area contributed by atoms with E-state index in [-0.39, 0.29) is 36.8 Å². The van der Waals surface area contributed by atoms with Crippen molar-refractivity contribution in [3.05, 3.63) is 20.8 Å². The maximum absolute atomic E-state index is 11.9. The van der Waals surface area contributed by atoms with Crippen LogP contribution < -0.4 is 5.73 Å². The van der Waals surface area contributed by atoms with Crippen LogP contribution in [0.25, 0.3) is 0 Å². The quantitative estimate of drug-likeness (QED) is 0.817. The Morgan fingerprint density at radius 3 is 2.43 bits per heavy atom. The number of hydrogen-bond acceptors (Lipinski definition) is 4. The molecule has 1 fully saturated rings. The number of nitrogens with zero attached hydrogens (tertiary/aromatic N) is 2. The third kappa shape index (κ3) is 6.84. The lowest BCUT2D eigenvalue weighted by molar-refractivity contribution is -0.133. The van der Waals surface area contributed by atoms with E-state index in [9.17, 15) is 4.79 Å². The Balaban J connectivity index is 0.00000200. The second-order valence-corrected chi connectivity index (χ2v) is 7.59. The molecule has 1 atom stereocenters. The first-order valence-corrected chi connectivity index (χ1v) is 8.15. The van der Waals surface area contributed by atoms with Crippen LogP contribution in [0, 0.1) is 0 Å². The van der Waals surface area contributed by atoms with Crippen molar-refractivity contribution in [2.45, 2.75) is 25.9 Å². The molecule has 2 rings (SSSR count). The molecule has 0 spiro atoms. The molecule has 1 aliphatic rings. The van der Waals surface area contributed by atoms with Crippen molar-refractivity contribution in [3.8, 4) is 0 Å². The molecule has 1 aromatic heterocycles. The molecular formula is C13H22BrCl2N3OS. The van der Waals surface area contributed by atoms with Crippen LogP contribution in [0.2, 0.25) is 0 Å². The number of piperazine rings is 1. The molecule has 0 bridgehead atoms. The number of amides is 1. The summed E-state index contributed by atoms with van der Waals surface area (Å²) in [5.74, 6) is 0.188. The number of thiophene rings is 1. The highest BCUT2D eigenvalue weighted by atomic mass is 79.9. The minimum atomic E-state index is -0.0472. The minimum absolute atomic E-state index is 0. The Labute approximate surface area is 151 Å². The molecule has 2 heterocycles. The molecule has 0 aromatic carbocycles. The number of hydrogen-bond donors (Lipinski definition) is 1. The smallest absolute Gasteiger partial charge is 0.224 e. The van der Waals surface area contributed by atoms with Gasteiger partial charge in [0, 0.05) is 50.1 Å². The normalized spacial score (nSPS) is 16.8. The summed E-state index contributed by atoms with van der Waals surface area (Å²) < 4.78 is 1.17. The molecule has 0 saturated carbocycles. The summed E-state index contributed by atoms with van der Waals surface area (Å²) in [5.41, 5.74) is 5.67. The van der Waals surface area contributed by atoms with Gasteiger partial charge in [-0.1, -0.05) is 0 Å². The van der Waals surface area contributed by atoms with Crippen LogP contribution in [-0.4, -0.2) is 47.9 Å². The SMILES string of the molecule is CC(N)CC(=O)N1CCN(Cc2ccc(Br)s2)CC1.Cl.Cl. The number of rotatable bonds is 4. The fourth-order valence-corrected chi connectivity index (χ4v) is 3.74. The lowest BCUT2D eigenvalue weighted by Gasteiger charge is -2.34. The Kier molecular flexibility index (Phi) is 10.1. The average molecular weight is 419 g/mol. The zero-order chi connectivity index (χ0) is 13.8. The summed E-state index contributed by atoms with van der Waals surface area (Å²) in [6.07, 6.45) is 0.456. The second-order valence-electron chi connectivity index (χ2n) is 5.04. The van der Waals surface area contributed by atoms with E-state index in [4.69, 9.17) is 5.73 Å². The van der Waals surface area contributed by atoms with E-state index >= 15 is 0 Å². The van der Waals surface area contributed by atoms with Crippen molar-refractivity contribution in [3.63, 3.8) is 0 Å². The van der Waals surface area contributed by atoms with Crippen molar-refractivity contribution < 1.29 is 4.79 Å². The first-order valence-electron chi connectivity index (χ1n) is 6.54. The zero-order valence-corrected chi connectivity index (χ0v) is 16.0. The second kappa shape index (κ2) is 10.0. The van der Waals surface area contributed by atoms with Gasteiger partial charge < -0.3 is 10.6 Å². The summed E-state index contributed by atoms with van der Waals surface area (Å²) in [5, 5.41) is 0. The van der Waals surface area contributed by atoms with E-state index in [1.807, 2.05) is 11.8 Å². The van der Waals surface area contributed by atoms with Crippen LogP contribution in [0.1, 0.15) is 18.2 Å². The first-order chi connectivity index (χ1) is 9.04. The Morgan fingerprint density at radius 2 is 1.95 bits per heavy atom. The van der Waals surface area contributed by atoms with Crippen LogP contribution in [0.4, 0.5) is 0 Å². The van der Waals surface area contributed by atoms with Crippen LogP contribution in [0.5, 0.6) is 0 Å². The summed E-state index contributed by atoms with van der Waals surface area (Å²) >= 11 is 5.26. The van der Waals surface area contributed by atoms with Gasteiger partial charge in [-0.15, -0.1) is 36.2 Å². The van der Waals surface area contributed by atoms with Crippen LogP contribution in [-0.2, 0) is 11.3 Å².